The first-order valence-corrected chi connectivity index (χ1v) is 22.0. The Hall–Kier alpha value is -4.58. The summed E-state index contributed by atoms with van der Waals surface area (Å²) in [5.41, 5.74) is 6.65. The van der Waals surface area contributed by atoms with E-state index in [1.54, 1.807) is 24.8 Å². The molecule has 3 aromatic heterocycles. The molecule has 0 aromatic carbocycles. The summed E-state index contributed by atoms with van der Waals surface area (Å²) >= 11 is 0. The average molecular weight is 756 g/mol. The molecule has 1 aliphatic carbocycles. The number of hydrogen-bond acceptors (Lipinski definition) is 4. The fourth-order valence-electron chi connectivity index (χ4n) is 7.90. The summed E-state index contributed by atoms with van der Waals surface area (Å²) < 4.78 is 4.46. The van der Waals surface area contributed by atoms with Crippen LogP contribution in [0.1, 0.15) is 165 Å². The van der Waals surface area contributed by atoms with E-state index in [-0.39, 0.29) is 11.5 Å². The molecule has 1 N–H and O–H groups in total. The fourth-order valence-corrected chi connectivity index (χ4v) is 7.90. The fraction of sp³-hybridized carbons (Fsp3) is 0.480. The van der Waals surface area contributed by atoms with Gasteiger partial charge >= 0.3 is 0 Å². The smallest absolute Gasteiger partial charge is 0.221 e. The number of unbranched alkanes of at least 4 members (excludes halogenated alkanes) is 18. The number of aliphatic hydroxyl groups is 1. The van der Waals surface area contributed by atoms with Gasteiger partial charge in [-0.05, 0) is 72.5 Å². The summed E-state index contributed by atoms with van der Waals surface area (Å²) in [5.74, 6) is 0.0239. The van der Waals surface area contributed by atoms with E-state index in [1.165, 1.54) is 103 Å². The number of carbonyl (C=O) groups is 1. The molecule has 0 radical (unpaired) electrons. The Morgan fingerprint density at radius 3 is 1.61 bits per heavy atom. The second-order valence-electron chi connectivity index (χ2n) is 15.6. The number of carbonyl (C=O) groups excluding carboxylic acids is 1. The minimum Gasteiger partial charge on any atom is -0.506 e. The molecular formula is C50H67N4O2+. The summed E-state index contributed by atoms with van der Waals surface area (Å²) in [6.45, 7) is 6.14. The molecule has 3 aromatic rings. The van der Waals surface area contributed by atoms with Crippen LogP contribution in [-0.4, -0.2) is 42.3 Å². The van der Waals surface area contributed by atoms with E-state index in [0.29, 0.717) is 11.1 Å². The molecule has 0 atom stereocenters. The second-order valence-corrected chi connectivity index (χ2v) is 15.6. The first kappa shape index (κ1) is 42.6. The summed E-state index contributed by atoms with van der Waals surface area (Å²) in [6.07, 6.45) is 45.1. The number of allylic oxidation sites excluding steroid dienone is 5. The van der Waals surface area contributed by atoms with Crippen LogP contribution < -0.4 is 0 Å². The number of aliphatic hydroxyl groups excluding tert-OH is 1. The summed E-state index contributed by atoms with van der Waals surface area (Å²) in [4.78, 5) is 22.5. The van der Waals surface area contributed by atoms with Crippen molar-refractivity contribution in [1.82, 2.24) is 14.5 Å². The van der Waals surface area contributed by atoms with E-state index >= 15 is 0 Å². The molecule has 56 heavy (non-hydrogen) atoms. The quantitative estimate of drug-likeness (QED) is 0.0478. The van der Waals surface area contributed by atoms with Gasteiger partial charge in [0.2, 0.25) is 17.2 Å². The lowest BCUT2D eigenvalue weighted by Gasteiger charge is -2.23. The van der Waals surface area contributed by atoms with E-state index in [0.717, 1.165) is 72.7 Å². The molecule has 0 unspecified atom stereocenters. The molecule has 4 heterocycles. The van der Waals surface area contributed by atoms with Gasteiger partial charge in [0.05, 0.1) is 11.3 Å². The normalized spacial score (nSPS) is 15.7. The summed E-state index contributed by atoms with van der Waals surface area (Å²) in [5, 5.41) is 11.8. The zero-order chi connectivity index (χ0) is 39.2. The predicted octanol–water partition coefficient (Wildman–Crippen LogP) is 13.1. The van der Waals surface area contributed by atoms with Gasteiger partial charge in [0.25, 0.3) is 0 Å². The van der Waals surface area contributed by atoms with Crippen LogP contribution in [0.4, 0.5) is 0 Å². The molecule has 0 saturated heterocycles. The van der Waals surface area contributed by atoms with Gasteiger partial charge in [0.15, 0.2) is 0 Å². The van der Waals surface area contributed by atoms with Crippen LogP contribution in [-0.2, 0) is 11.3 Å². The van der Waals surface area contributed by atoms with Crippen LogP contribution in [0.3, 0.4) is 0 Å². The van der Waals surface area contributed by atoms with Gasteiger partial charge in [0.1, 0.15) is 17.9 Å². The van der Waals surface area contributed by atoms with E-state index < -0.39 is 0 Å². The Balaban J connectivity index is 1.32. The van der Waals surface area contributed by atoms with Crippen LogP contribution in [0, 0.1) is 0 Å². The van der Waals surface area contributed by atoms with Crippen molar-refractivity contribution in [3.05, 3.63) is 119 Å². The van der Waals surface area contributed by atoms with Gasteiger partial charge in [-0.25, -0.2) is 0 Å². The maximum Gasteiger partial charge on any atom is 0.221 e. The van der Waals surface area contributed by atoms with Crippen molar-refractivity contribution in [1.29, 1.82) is 0 Å². The third kappa shape index (κ3) is 12.7. The number of hydrogen-bond donors (Lipinski definition) is 1. The zero-order valence-electron chi connectivity index (χ0n) is 34.4. The molecule has 6 heteroatoms. The number of ketones is 1. The minimum absolute atomic E-state index is 0.0818. The standard InChI is InChI=1S/C50H66N4O2/c1-3-5-7-9-11-13-15-17-19-21-39-53-43(25-23-41-31-35-51-36-32-41)27-29-45(53)47-49(55)48(50(47)56)46-30-28-44(26-24-42-33-37-52-38-34-42)54(46)40-22-20-18-16-14-12-10-8-6-4-2/h23-38H,3-22,39-40H2,1-2H3/p+1. The third-order valence-electron chi connectivity index (χ3n) is 11.2. The summed E-state index contributed by atoms with van der Waals surface area (Å²) in [6, 6.07) is 12.0. The number of nitrogens with zero attached hydrogens (tertiary/aromatic N) is 4. The maximum absolute atomic E-state index is 14.2. The first-order chi connectivity index (χ1) is 27.6. The SMILES string of the molecule is CCCCCCCCCCCCn1c(/C=C/c2ccncc2)ccc1C1=C(O)/C(=C2\C=CC(/C=C/c3ccncc3)=[N+]2CCCCCCCCCCCC)C1=O. The Morgan fingerprint density at radius 2 is 1.07 bits per heavy atom. The number of aromatic nitrogens is 3. The minimum atomic E-state index is -0.0818. The Labute approximate surface area is 337 Å². The highest BCUT2D eigenvalue weighted by Gasteiger charge is 2.43. The topological polar surface area (TPSA) is 71.0 Å². The van der Waals surface area contributed by atoms with Crippen molar-refractivity contribution in [2.45, 2.75) is 149 Å². The lowest BCUT2D eigenvalue weighted by molar-refractivity contribution is -0.469. The van der Waals surface area contributed by atoms with Crippen LogP contribution >= 0.6 is 0 Å². The highest BCUT2D eigenvalue weighted by molar-refractivity contribution is 6.39. The van der Waals surface area contributed by atoms with Crippen molar-refractivity contribution in [2.75, 3.05) is 6.54 Å². The molecule has 0 bridgehead atoms. The largest absolute Gasteiger partial charge is 0.506 e. The molecule has 1 aliphatic heterocycles. The lowest BCUT2D eigenvalue weighted by Crippen LogP contribution is -2.28. The molecule has 5 rings (SSSR count). The van der Waals surface area contributed by atoms with Crippen molar-refractivity contribution in [3.63, 3.8) is 0 Å². The highest BCUT2D eigenvalue weighted by Crippen LogP contribution is 2.40. The molecule has 6 nitrogen and oxygen atoms in total. The lowest BCUT2D eigenvalue weighted by atomic mass is 9.84. The molecule has 0 saturated carbocycles. The van der Waals surface area contributed by atoms with Gasteiger partial charge in [-0.3, -0.25) is 14.8 Å². The van der Waals surface area contributed by atoms with Gasteiger partial charge in [-0.1, -0.05) is 129 Å². The van der Waals surface area contributed by atoms with Gasteiger partial charge in [0, 0.05) is 61.7 Å². The second kappa shape index (κ2) is 24.1. The van der Waals surface area contributed by atoms with Crippen molar-refractivity contribution in [2.24, 2.45) is 0 Å². The van der Waals surface area contributed by atoms with E-state index in [9.17, 15) is 9.90 Å². The number of pyridine rings is 2. The van der Waals surface area contributed by atoms with Gasteiger partial charge < -0.3 is 9.67 Å². The van der Waals surface area contributed by atoms with Crippen LogP contribution in [0.15, 0.2) is 96.4 Å². The zero-order valence-corrected chi connectivity index (χ0v) is 34.4. The van der Waals surface area contributed by atoms with E-state index in [1.807, 2.05) is 36.4 Å². The van der Waals surface area contributed by atoms with Crippen LogP contribution in [0.5, 0.6) is 0 Å². The Kier molecular flexibility index (Phi) is 18.3. The monoisotopic (exact) mass is 756 g/mol. The van der Waals surface area contributed by atoms with Crippen LogP contribution in [0.25, 0.3) is 23.8 Å². The molecule has 298 valence electrons. The molecule has 0 spiro atoms. The van der Waals surface area contributed by atoms with Gasteiger partial charge in [-0.15, -0.1) is 0 Å². The molecule has 0 fully saturated rings. The number of rotatable bonds is 27. The first-order valence-electron chi connectivity index (χ1n) is 22.0. The van der Waals surface area contributed by atoms with Crippen molar-refractivity contribution >= 4 is 35.3 Å². The molecular weight excluding hydrogens is 689 g/mol. The van der Waals surface area contributed by atoms with Crippen molar-refractivity contribution < 1.29 is 14.5 Å². The average Bonchev–Trinajstić information content (AvgIpc) is 3.81. The molecule has 2 aliphatic rings. The highest BCUT2D eigenvalue weighted by atomic mass is 16.3. The molecule has 0 amide bonds. The Bertz CT molecular complexity index is 1840. The Morgan fingerprint density at radius 1 is 0.571 bits per heavy atom. The predicted molar refractivity (Wildman–Crippen MR) is 235 cm³/mol. The van der Waals surface area contributed by atoms with E-state index in [4.69, 9.17) is 0 Å². The van der Waals surface area contributed by atoms with Crippen LogP contribution in [0.2, 0.25) is 0 Å². The van der Waals surface area contributed by atoms with Crippen molar-refractivity contribution in [3.8, 4) is 0 Å². The number of Topliss-reactive ketones (excluding diaryl/α,β-unsaturated/α-hetero) is 1. The third-order valence-corrected chi connectivity index (χ3v) is 11.2. The summed E-state index contributed by atoms with van der Waals surface area (Å²) in [7, 11) is 0. The van der Waals surface area contributed by atoms with Gasteiger partial charge in [-0.2, -0.15) is 4.58 Å². The maximum atomic E-state index is 14.2. The van der Waals surface area contributed by atoms with E-state index in [2.05, 4.69) is 69.4 Å².